The summed E-state index contributed by atoms with van der Waals surface area (Å²) in [6.07, 6.45) is 2.98. The molecule has 170 valence electrons. The summed E-state index contributed by atoms with van der Waals surface area (Å²) >= 11 is 0. The second-order valence-electron chi connectivity index (χ2n) is 6.91. The summed E-state index contributed by atoms with van der Waals surface area (Å²) < 4.78 is 34.8. The molecule has 32 heavy (non-hydrogen) atoms. The average Bonchev–Trinajstić information content (AvgIpc) is 2.79. The van der Waals surface area contributed by atoms with E-state index in [2.05, 4.69) is 4.74 Å². The molecule has 0 spiro atoms. The van der Waals surface area contributed by atoms with Crippen molar-refractivity contribution in [3.8, 4) is 11.5 Å². The fourth-order valence-electron chi connectivity index (χ4n) is 3.42. The molecule has 1 saturated heterocycles. The first-order valence-electron chi connectivity index (χ1n) is 10.1. The van der Waals surface area contributed by atoms with Crippen LogP contribution in [0, 0.1) is 10.1 Å². The minimum Gasteiger partial charge on any atom is -0.490 e. The van der Waals surface area contributed by atoms with Crippen molar-refractivity contribution in [2.45, 2.75) is 13.5 Å². The molecule has 10 heteroatoms. The lowest BCUT2D eigenvalue weighted by atomic mass is 10.1. The van der Waals surface area contributed by atoms with Gasteiger partial charge >= 0.3 is 6.61 Å². The third kappa shape index (κ3) is 5.71. The van der Waals surface area contributed by atoms with E-state index < -0.39 is 11.5 Å². The number of hydrogen-bond donors (Lipinski definition) is 0. The number of amides is 1. The van der Waals surface area contributed by atoms with Gasteiger partial charge in [0.15, 0.2) is 11.5 Å². The maximum Gasteiger partial charge on any atom is 0.387 e. The number of anilines is 1. The van der Waals surface area contributed by atoms with E-state index in [1.165, 1.54) is 24.3 Å². The van der Waals surface area contributed by atoms with Gasteiger partial charge in [0, 0.05) is 38.3 Å². The fraction of sp³-hybridized carbons (Fsp3) is 0.318. The van der Waals surface area contributed by atoms with Gasteiger partial charge in [0.1, 0.15) is 5.69 Å². The second kappa shape index (κ2) is 10.6. The van der Waals surface area contributed by atoms with Gasteiger partial charge in [0.2, 0.25) is 5.91 Å². The van der Waals surface area contributed by atoms with Crippen molar-refractivity contribution >= 4 is 23.4 Å². The number of rotatable bonds is 8. The van der Waals surface area contributed by atoms with Crippen LogP contribution >= 0.6 is 0 Å². The molecule has 1 aliphatic heterocycles. The molecule has 0 bridgehead atoms. The predicted octanol–water partition coefficient (Wildman–Crippen LogP) is 3.96. The first kappa shape index (κ1) is 23.0. The zero-order valence-electron chi connectivity index (χ0n) is 17.4. The van der Waals surface area contributed by atoms with Gasteiger partial charge in [-0.1, -0.05) is 18.2 Å². The number of benzene rings is 2. The summed E-state index contributed by atoms with van der Waals surface area (Å²) in [4.78, 5) is 26.9. The van der Waals surface area contributed by atoms with Gasteiger partial charge in [0.25, 0.3) is 5.69 Å². The molecule has 1 heterocycles. The number of nitro benzene ring substituents is 1. The standard InChI is InChI=1S/C22H23F2N3O5/c1-2-31-20-15-16(7-9-19(20)32-22(23)24)8-10-21(28)26-13-11-25(12-14-26)17-5-3-4-6-18(17)27(29)30/h3-10,15,22H,2,11-14H2,1H3/b10-8+. The van der Waals surface area contributed by atoms with Gasteiger partial charge in [-0.2, -0.15) is 8.78 Å². The number of ether oxygens (including phenoxy) is 2. The Morgan fingerprint density at radius 2 is 1.88 bits per heavy atom. The zero-order valence-corrected chi connectivity index (χ0v) is 17.4. The summed E-state index contributed by atoms with van der Waals surface area (Å²) in [5.74, 6) is -0.116. The Hall–Kier alpha value is -3.69. The summed E-state index contributed by atoms with van der Waals surface area (Å²) in [7, 11) is 0. The summed E-state index contributed by atoms with van der Waals surface area (Å²) in [5.41, 5.74) is 1.17. The maximum absolute atomic E-state index is 12.6. The molecule has 8 nitrogen and oxygen atoms in total. The highest BCUT2D eigenvalue weighted by Gasteiger charge is 2.24. The number of carbonyl (C=O) groups excluding carboxylic acids is 1. The van der Waals surface area contributed by atoms with Crippen LogP contribution < -0.4 is 14.4 Å². The highest BCUT2D eigenvalue weighted by molar-refractivity contribution is 5.92. The van der Waals surface area contributed by atoms with E-state index >= 15 is 0 Å². The smallest absolute Gasteiger partial charge is 0.387 e. The minimum atomic E-state index is -2.96. The third-order valence-corrected chi connectivity index (χ3v) is 4.91. The molecule has 2 aromatic carbocycles. The summed E-state index contributed by atoms with van der Waals surface area (Å²) in [5, 5.41) is 11.2. The van der Waals surface area contributed by atoms with Gasteiger partial charge in [-0.15, -0.1) is 0 Å². The number of hydrogen-bond acceptors (Lipinski definition) is 6. The van der Waals surface area contributed by atoms with Gasteiger partial charge in [0.05, 0.1) is 11.5 Å². The van der Waals surface area contributed by atoms with Gasteiger partial charge in [-0.05, 0) is 36.8 Å². The van der Waals surface area contributed by atoms with Crippen LogP contribution in [0.15, 0.2) is 48.5 Å². The minimum absolute atomic E-state index is 0.0385. The second-order valence-corrected chi connectivity index (χ2v) is 6.91. The van der Waals surface area contributed by atoms with Crippen molar-refractivity contribution in [3.05, 3.63) is 64.2 Å². The molecule has 1 amide bonds. The molecular formula is C22H23F2N3O5. The highest BCUT2D eigenvalue weighted by Crippen LogP contribution is 2.31. The third-order valence-electron chi connectivity index (χ3n) is 4.91. The molecule has 1 fully saturated rings. The van der Waals surface area contributed by atoms with Crippen LogP contribution in [-0.2, 0) is 4.79 Å². The van der Waals surface area contributed by atoms with Crippen LogP contribution in [0.4, 0.5) is 20.2 Å². The van der Waals surface area contributed by atoms with E-state index in [0.717, 1.165) is 0 Å². The fourth-order valence-corrected chi connectivity index (χ4v) is 3.42. The van der Waals surface area contributed by atoms with Crippen LogP contribution in [0.2, 0.25) is 0 Å². The summed E-state index contributed by atoms with van der Waals surface area (Å²) in [6, 6.07) is 11.0. The van der Waals surface area contributed by atoms with E-state index in [4.69, 9.17) is 4.74 Å². The SMILES string of the molecule is CCOc1cc(/C=C/C(=O)N2CCN(c3ccccc3[N+](=O)[O-])CC2)ccc1OC(F)F. The van der Waals surface area contributed by atoms with Crippen LogP contribution in [0.1, 0.15) is 12.5 Å². The number of alkyl halides is 2. The largest absolute Gasteiger partial charge is 0.490 e. The Morgan fingerprint density at radius 1 is 1.16 bits per heavy atom. The molecule has 0 atom stereocenters. The van der Waals surface area contributed by atoms with Crippen molar-refractivity contribution in [1.29, 1.82) is 0 Å². The topological polar surface area (TPSA) is 85.2 Å². The Morgan fingerprint density at radius 3 is 2.53 bits per heavy atom. The first-order chi connectivity index (χ1) is 15.4. The number of piperazine rings is 1. The lowest BCUT2D eigenvalue weighted by Gasteiger charge is -2.35. The summed E-state index contributed by atoms with van der Waals surface area (Å²) in [6.45, 7) is 0.809. The van der Waals surface area contributed by atoms with E-state index in [0.29, 0.717) is 37.4 Å². The Balaban J connectivity index is 1.63. The molecule has 0 aliphatic carbocycles. The van der Waals surface area contributed by atoms with Crippen molar-refractivity contribution in [1.82, 2.24) is 4.90 Å². The van der Waals surface area contributed by atoms with Crippen LogP contribution in [0.5, 0.6) is 11.5 Å². The molecule has 0 unspecified atom stereocenters. The van der Waals surface area contributed by atoms with Crippen LogP contribution in [0.25, 0.3) is 6.08 Å². The van der Waals surface area contributed by atoms with Gasteiger partial charge < -0.3 is 19.3 Å². The Kier molecular flexibility index (Phi) is 7.58. The van der Waals surface area contributed by atoms with E-state index in [-0.39, 0.29) is 29.7 Å². The number of carbonyl (C=O) groups is 1. The normalized spacial score (nSPS) is 14.1. The molecule has 3 rings (SSSR count). The first-order valence-corrected chi connectivity index (χ1v) is 10.1. The van der Waals surface area contributed by atoms with Gasteiger partial charge in [-0.3, -0.25) is 14.9 Å². The predicted molar refractivity (Wildman–Crippen MR) is 115 cm³/mol. The maximum atomic E-state index is 12.6. The number of nitro groups is 1. The van der Waals surface area contributed by atoms with Crippen molar-refractivity contribution in [2.24, 2.45) is 0 Å². The highest BCUT2D eigenvalue weighted by atomic mass is 19.3. The molecule has 0 saturated carbocycles. The van der Waals surface area contributed by atoms with Crippen molar-refractivity contribution in [3.63, 3.8) is 0 Å². The molecule has 1 aliphatic rings. The zero-order chi connectivity index (χ0) is 23.1. The molecule has 0 aromatic heterocycles. The number of para-hydroxylation sites is 2. The lowest BCUT2D eigenvalue weighted by molar-refractivity contribution is -0.384. The Labute approximate surface area is 183 Å². The molecule has 0 N–H and O–H groups in total. The van der Waals surface area contributed by atoms with Crippen LogP contribution in [0.3, 0.4) is 0 Å². The Bertz CT molecular complexity index is 991. The number of nitrogens with zero attached hydrogens (tertiary/aromatic N) is 3. The monoisotopic (exact) mass is 447 g/mol. The van der Waals surface area contributed by atoms with Crippen LogP contribution in [-0.4, -0.2) is 55.1 Å². The molecule has 0 radical (unpaired) electrons. The van der Waals surface area contributed by atoms with E-state index in [1.807, 2.05) is 4.90 Å². The van der Waals surface area contributed by atoms with Crippen molar-refractivity contribution in [2.75, 3.05) is 37.7 Å². The average molecular weight is 447 g/mol. The van der Waals surface area contributed by atoms with E-state index in [1.54, 1.807) is 42.2 Å². The molecule has 2 aromatic rings. The van der Waals surface area contributed by atoms with Gasteiger partial charge in [-0.25, -0.2) is 0 Å². The number of halogens is 2. The molecular weight excluding hydrogens is 424 g/mol. The lowest BCUT2D eigenvalue weighted by Crippen LogP contribution is -2.48. The van der Waals surface area contributed by atoms with E-state index in [9.17, 15) is 23.7 Å². The quantitative estimate of drug-likeness (QED) is 0.346. The van der Waals surface area contributed by atoms with Crippen molar-refractivity contribution < 1.29 is 28.0 Å².